The van der Waals surface area contributed by atoms with Crippen LogP contribution in [0.2, 0.25) is 0 Å². The molecule has 6 heteroatoms. The average molecular weight is 393 g/mol. The predicted octanol–water partition coefficient (Wildman–Crippen LogP) is 3.25. The molecule has 3 N–H and O–H groups in total. The molecule has 0 bridgehead atoms. The summed E-state index contributed by atoms with van der Waals surface area (Å²) in [6.45, 7) is 4.00. The molecule has 1 aromatic carbocycles. The summed E-state index contributed by atoms with van der Waals surface area (Å²) in [5, 5.41) is 3.14. The second kappa shape index (κ2) is 10.4. The van der Waals surface area contributed by atoms with Crippen molar-refractivity contribution in [1.29, 1.82) is 0 Å². The number of aromatic nitrogens is 1. The first-order valence-electron chi connectivity index (χ1n) is 9.79. The summed E-state index contributed by atoms with van der Waals surface area (Å²) in [5.41, 5.74) is 11.6. The van der Waals surface area contributed by atoms with Gasteiger partial charge in [-0.15, -0.1) is 0 Å². The van der Waals surface area contributed by atoms with Crippen molar-refractivity contribution in [3.63, 3.8) is 0 Å². The number of aryl methyl sites for hydroxylation is 1. The molecule has 6 nitrogen and oxygen atoms in total. The fourth-order valence-corrected chi connectivity index (χ4v) is 2.90. The summed E-state index contributed by atoms with van der Waals surface area (Å²) in [4.78, 5) is 8.77. The van der Waals surface area contributed by atoms with E-state index in [1.54, 1.807) is 12.3 Å². The van der Waals surface area contributed by atoms with Gasteiger partial charge >= 0.3 is 0 Å². The summed E-state index contributed by atoms with van der Waals surface area (Å²) in [5.74, 6) is 0.877. The lowest BCUT2D eigenvalue weighted by molar-refractivity contribution is 0.312. The molecule has 0 spiro atoms. The van der Waals surface area contributed by atoms with Crippen molar-refractivity contribution in [2.45, 2.75) is 26.3 Å². The van der Waals surface area contributed by atoms with E-state index in [0.717, 1.165) is 35.5 Å². The van der Waals surface area contributed by atoms with Gasteiger partial charge in [-0.3, -0.25) is 9.98 Å². The van der Waals surface area contributed by atoms with Gasteiger partial charge in [-0.2, -0.15) is 0 Å². The quantitative estimate of drug-likeness (QED) is 0.546. The van der Waals surface area contributed by atoms with Gasteiger partial charge in [0, 0.05) is 55.1 Å². The molecule has 29 heavy (non-hydrogen) atoms. The average Bonchev–Trinajstić information content (AvgIpc) is 2.72. The summed E-state index contributed by atoms with van der Waals surface area (Å²) in [6.07, 6.45) is 5.02. The Hall–Kier alpha value is -3.12. The third-order valence-corrected chi connectivity index (χ3v) is 4.46. The number of nitrogens with two attached hydrogens (primary N) is 1. The van der Waals surface area contributed by atoms with Crippen LogP contribution in [-0.2, 0) is 13.0 Å². The Balaban J connectivity index is 1.50. The highest BCUT2D eigenvalue weighted by Gasteiger charge is 2.03. The lowest BCUT2D eigenvalue weighted by atomic mass is 10.1. The number of nitrogen functional groups attached to an aromatic ring is 1. The molecule has 0 amide bonds. The van der Waals surface area contributed by atoms with Gasteiger partial charge in [0.1, 0.15) is 5.75 Å². The topological polar surface area (TPSA) is 85.7 Å². The van der Waals surface area contributed by atoms with Crippen molar-refractivity contribution in [1.82, 2.24) is 10.3 Å². The number of rotatable bonds is 9. The van der Waals surface area contributed by atoms with Gasteiger partial charge in [-0.1, -0.05) is 18.2 Å². The molecular weight excluding hydrogens is 364 g/mol. The van der Waals surface area contributed by atoms with E-state index < -0.39 is 0 Å². The van der Waals surface area contributed by atoms with Crippen molar-refractivity contribution in [3.8, 4) is 5.75 Å². The molecule has 0 atom stereocenters. The molecular formula is C23H28N4O2. The van der Waals surface area contributed by atoms with Gasteiger partial charge in [-0.25, -0.2) is 0 Å². The largest absolute Gasteiger partial charge is 0.494 e. The molecule has 0 unspecified atom stereocenters. The maximum Gasteiger partial charge on any atom is 0.215 e. The van der Waals surface area contributed by atoms with Crippen LogP contribution in [0.15, 0.2) is 64.3 Å². The Labute approximate surface area is 171 Å². The van der Waals surface area contributed by atoms with E-state index in [4.69, 9.17) is 14.9 Å². The van der Waals surface area contributed by atoms with E-state index in [-0.39, 0.29) is 0 Å². The van der Waals surface area contributed by atoms with Gasteiger partial charge in [0.05, 0.1) is 12.9 Å². The van der Waals surface area contributed by atoms with Crippen molar-refractivity contribution in [2.24, 2.45) is 4.99 Å². The van der Waals surface area contributed by atoms with Gasteiger partial charge in [0.2, 0.25) is 5.55 Å². The number of hydrogen-bond acceptors (Lipinski definition) is 6. The third-order valence-electron chi connectivity index (χ3n) is 4.46. The molecule has 0 radical (unpaired) electrons. The molecule has 0 saturated heterocycles. The fourth-order valence-electron chi connectivity index (χ4n) is 2.90. The van der Waals surface area contributed by atoms with Crippen molar-refractivity contribution >= 4 is 5.69 Å². The molecule has 3 rings (SSSR count). The lowest BCUT2D eigenvalue weighted by Gasteiger charge is -2.07. The molecule has 0 aliphatic carbocycles. The molecule has 0 saturated carbocycles. The van der Waals surface area contributed by atoms with Crippen LogP contribution < -0.4 is 21.3 Å². The first-order valence-corrected chi connectivity index (χ1v) is 9.79. The van der Waals surface area contributed by atoms with Gasteiger partial charge in [0.25, 0.3) is 0 Å². The minimum atomic E-state index is 0.532. The van der Waals surface area contributed by atoms with E-state index in [1.165, 1.54) is 5.56 Å². The SMILES string of the molecule is CNCc1cccc(OCCCN=c2cc(N)c(Cc3ccc(C)nc3)co2)c1. The monoisotopic (exact) mass is 392 g/mol. The van der Waals surface area contributed by atoms with E-state index in [0.29, 0.717) is 30.8 Å². The van der Waals surface area contributed by atoms with Crippen molar-refractivity contribution in [3.05, 3.63) is 82.9 Å². The van der Waals surface area contributed by atoms with Crippen LogP contribution in [0.3, 0.4) is 0 Å². The number of pyridine rings is 1. The van der Waals surface area contributed by atoms with Gasteiger partial charge < -0.3 is 20.2 Å². The zero-order chi connectivity index (χ0) is 20.5. The number of nitrogens with one attached hydrogen (secondary N) is 1. The highest BCUT2D eigenvalue weighted by atomic mass is 16.5. The maximum atomic E-state index is 6.17. The number of benzene rings is 1. The van der Waals surface area contributed by atoms with Crippen LogP contribution >= 0.6 is 0 Å². The number of nitrogens with zero attached hydrogens (tertiary/aromatic N) is 2. The molecule has 0 aliphatic heterocycles. The first-order chi connectivity index (χ1) is 14.1. The van der Waals surface area contributed by atoms with Crippen LogP contribution in [0.5, 0.6) is 5.75 Å². The van der Waals surface area contributed by atoms with E-state index >= 15 is 0 Å². The summed E-state index contributed by atoms with van der Waals surface area (Å²) in [6, 6.07) is 13.9. The molecule has 2 heterocycles. The Morgan fingerprint density at radius 3 is 2.83 bits per heavy atom. The highest BCUT2D eigenvalue weighted by molar-refractivity contribution is 5.45. The summed E-state index contributed by atoms with van der Waals surface area (Å²) in [7, 11) is 1.93. The summed E-state index contributed by atoms with van der Waals surface area (Å²) >= 11 is 0. The Morgan fingerprint density at radius 2 is 2.07 bits per heavy atom. The van der Waals surface area contributed by atoms with Crippen LogP contribution in [0.25, 0.3) is 0 Å². The summed E-state index contributed by atoms with van der Waals surface area (Å²) < 4.78 is 11.4. The maximum absolute atomic E-state index is 6.17. The second-order valence-electron chi connectivity index (χ2n) is 6.94. The lowest BCUT2D eigenvalue weighted by Crippen LogP contribution is -2.08. The minimum absolute atomic E-state index is 0.532. The smallest absolute Gasteiger partial charge is 0.215 e. The zero-order valence-corrected chi connectivity index (χ0v) is 17.0. The Kier molecular flexibility index (Phi) is 7.41. The number of ether oxygens (including phenoxy) is 1. The van der Waals surface area contributed by atoms with Crippen LogP contribution in [0.1, 0.15) is 28.8 Å². The number of hydrogen-bond donors (Lipinski definition) is 2. The van der Waals surface area contributed by atoms with Crippen molar-refractivity contribution in [2.75, 3.05) is 25.9 Å². The zero-order valence-electron chi connectivity index (χ0n) is 17.0. The number of anilines is 1. The minimum Gasteiger partial charge on any atom is -0.494 e. The Morgan fingerprint density at radius 1 is 1.17 bits per heavy atom. The predicted molar refractivity (Wildman–Crippen MR) is 115 cm³/mol. The van der Waals surface area contributed by atoms with Crippen LogP contribution in [0, 0.1) is 6.92 Å². The molecule has 2 aromatic heterocycles. The Bertz CT molecular complexity index is 981. The molecule has 0 fully saturated rings. The first kappa shape index (κ1) is 20.6. The van der Waals surface area contributed by atoms with E-state index in [9.17, 15) is 0 Å². The molecule has 3 aromatic rings. The van der Waals surface area contributed by atoms with E-state index in [2.05, 4.69) is 27.4 Å². The highest BCUT2D eigenvalue weighted by Crippen LogP contribution is 2.15. The van der Waals surface area contributed by atoms with Gasteiger partial charge in [0.15, 0.2) is 0 Å². The van der Waals surface area contributed by atoms with Gasteiger partial charge in [-0.05, 0) is 43.3 Å². The third kappa shape index (κ3) is 6.47. The fraction of sp³-hybridized carbons (Fsp3) is 0.304. The molecule has 0 aliphatic rings. The second-order valence-corrected chi connectivity index (χ2v) is 6.94. The van der Waals surface area contributed by atoms with Crippen LogP contribution in [0.4, 0.5) is 5.69 Å². The normalized spacial score (nSPS) is 11.6. The van der Waals surface area contributed by atoms with E-state index in [1.807, 2.05) is 44.4 Å². The molecule has 152 valence electrons. The standard InChI is InChI=1S/C23H28N4O2/c1-17-7-8-19(15-27-17)11-20-16-29-23(13-22(20)24)26-9-4-10-28-21-6-3-5-18(12-21)14-25-2/h3,5-8,12-13,15-16,25H,4,9-11,14,24H2,1-2H3. The van der Waals surface area contributed by atoms with Crippen LogP contribution in [-0.4, -0.2) is 25.2 Å². The van der Waals surface area contributed by atoms with Crippen molar-refractivity contribution < 1.29 is 9.15 Å².